The molecular weight excluding hydrogens is 184 g/mol. The Morgan fingerprint density at radius 1 is 1.57 bits per heavy atom. The van der Waals surface area contributed by atoms with E-state index in [1.807, 2.05) is 0 Å². The van der Waals surface area contributed by atoms with E-state index < -0.39 is 5.69 Å². The molecule has 0 radical (unpaired) electrons. The van der Waals surface area contributed by atoms with Crippen LogP contribution in [0.5, 0.6) is 0 Å². The molecule has 1 heterocycles. The lowest BCUT2D eigenvalue weighted by Crippen LogP contribution is -2.35. The third-order valence-corrected chi connectivity index (χ3v) is 1.64. The standard InChI is InChI=1S/C9H12N2O3/c1-2-6-14-7-5-11-8(12)3-4-10-9(11)13/h2-4H,1,5-7H2,(H,10,13). The predicted molar refractivity (Wildman–Crippen MR) is 52.3 cm³/mol. The van der Waals surface area contributed by atoms with Gasteiger partial charge in [0, 0.05) is 12.3 Å². The zero-order chi connectivity index (χ0) is 10.4. The summed E-state index contributed by atoms with van der Waals surface area (Å²) in [4.78, 5) is 24.7. The monoisotopic (exact) mass is 196 g/mol. The molecular formula is C9H12N2O3. The molecule has 1 aromatic rings. The summed E-state index contributed by atoms with van der Waals surface area (Å²) in [6, 6.07) is 1.30. The van der Waals surface area contributed by atoms with E-state index in [9.17, 15) is 9.59 Å². The number of nitrogens with one attached hydrogen (secondary N) is 1. The molecule has 0 saturated carbocycles. The number of aromatic nitrogens is 2. The molecule has 0 aromatic carbocycles. The van der Waals surface area contributed by atoms with Crippen LogP contribution >= 0.6 is 0 Å². The minimum absolute atomic E-state index is 0.253. The molecule has 5 heteroatoms. The summed E-state index contributed by atoms with van der Waals surface area (Å²) in [5.41, 5.74) is -0.740. The van der Waals surface area contributed by atoms with Gasteiger partial charge in [-0.25, -0.2) is 4.79 Å². The maximum absolute atomic E-state index is 11.2. The summed E-state index contributed by atoms with van der Waals surface area (Å²) in [6.45, 7) is 4.47. The molecule has 1 rings (SSSR count). The van der Waals surface area contributed by atoms with Gasteiger partial charge >= 0.3 is 5.69 Å². The van der Waals surface area contributed by atoms with Crippen LogP contribution in [0.4, 0.5) is 0 Å². The molecule has 0 aliphatic carbocycles. The second-order valence-corrected chi connectivity index (χ2v) is 2.64. The smallest absolute Gasteiger partial charge is 0.328 e. The highest BCUT2D eigenvalue weighted by molar-refractivity contribution is 4.82. The first-order valence-corrected chi connectivity index (χ1v) is 4.23. The molecule has 0 amide bonds. The minimum atomic E-state index is -0.417. The van der Waals surface area contributed by atoms with Crippen LogP contribution in [0.3, 0.4) is 0 Å². The van der Waals surface area contributed by atoms with E-state index in [1.165, 1.54) is 12.3 Å². The summed E-state index contributed by atoms with van der Waals surface area (Å²) >= 11 is 0. The number of nitrogens with zero attached hydrogens (tertiary/aromatic N) is 1. The Bertz CT molecular complexity index is 377. The number of hydrogen-bond donors (Lipinski definition) is 1. The quantitative estimate of drug-likeness (QED) is 0.521. The lowest BCUT2D eigenvalue weighted by molar-refractivity contribution is 0.151. The van der Waals surface area contributed by atoms with Gasteiger partial charge in [-0.05, 0) is 0 Å². The Balaban J connectivity index is 2.63. The van der Waals surface area contributed by atoms with Crippen LogP contribution in [0.25, 0.3) is 0 Å². The van der Waals surface area contributed by atoms with Crippen LogP contribution in [0.15, 0.2) is 34.5 Å². The van der Waals surface area contributed by atoms with E-state index in [1.54, 1.807) is 6.08 Å². The van der Waals surface area contributed by atoms with Gasteiger partial charge in [0.05, 0.1) is 19.8 Å². The SMILES string of the molecule is C=CCOCCn1c(=O)cc[nH]c1=O. The fraction of sp³-hybridized carbons (Fsp3) is 0.333. The third-order valence-electron chi connectivity index (χ3n) is 1.64. The highest BCUT2D eigenvalue weighted by Crippen LogP contribution is 1.78. The zero-order valence-corrected chi connectivity index (χ0v) is 7.73. The number of rotatable bonds is 5. The summed E-state index contributed by atoms with van der Waals surface area (Å²) < 4.78 is 6.15. The molecule has 0 spiro atoms. The second-order valence-electron chi connectivity index (χ2n) is 2.64. The largest absolute Gasteiger partial charge is 0.376 e. The molecule has 76 valence electrons. The van der Waals surface area contributed by atoms with Gasteiger partial charge in [-0.15, -0.1) is 6.58 Å². The van der Waals surface area contributed by atoms with E-state index in [0.29, 0.717) is 13.2 Å². The highest BCUT2D eigenvalue weighted by Gasteiger charge is 1.98. The third kappa shape index (κ3) is 2.70. The van der Waals surface area contributed by atoms with Crippen molar-refractivity contribution in [2.45, 2.75) is 6.54 Å². The van der Waals surface area contributed by atoms with Gasteiger partial charge in [0.2, 0.25) is 0 Å². The van der Waals surface area contributed by atoms with Crippen molar-refractivity contribution in [2.24, 2.45) is 0 Å². The van der Waals surface area contributed by atoms with Crippen molar-refractivity contribution in [2.75, 3.05) is 13.2 Å². The Morgan fingerprint density at radius 2 is 2.36 bits per heavy atom. The predicted octanol–water partition coefficient (Wildman–Crippen LogP) is -0.261. The van der Waals surface area contributed by atoms with E-state index >= 15 is 0 Å². The molecule has 5 nitrogen and oxygen atoms in total. The van der Waals surface area contributed by atoms with Crippen molar-refractivity contribution in [3.05, 3.63) is 45.8 Å². The van der Waals surface area contributed by atoms with Gasteiger partial charge in [-0.2, -0.15) is 0 Å². The summed E-state index contributed by atoms with van der Waals surface area (Å²) in [5.74, 6) is 0. The van der Waals surface area contributed by atoms with Crippen LogP contribution < -0.4 is 11.2 Å². The summed E-state index contributed by atoms with van der Waals surface area (Å²) in [7, 11) is 0. The molecule has 0 unspecified atom stereocenters. The van der Waals surface area contributed by atoms with Crippen molar-refractivity contribution >= 4 is 0 Å². The van der Waals surface area contributed by atoms with Gasteiger partial charge in [0.15, 0.2) is 0 Å². The molecule has 0 bridgehead atoms. The first-order chi connectivity index (χ1) is 6.75. The molecule has 1 aromatic heterocycles. The van der Waals surface area contributed by atoms with E-state index in [0.717, 1.165) is 4.57 Å². The highest BCUT2D eigenvalue weighted by atomic mass is 16.5. The fourth-order valence-electron chi connectivity index (χ4n) is 0.986. The van der Waals surface area contributed by atoms with Crippen molar-refractivity contribution in [1.82, 2.24) is 9.55 Å². The number of aromatic amines is 1. The first-order valence-electron chi connectivity index (χ1n) is 4.23. The molecule has 0 aliphatic rings. The van der Waals surface area contributed by atoms with Gasteiger partial charge in [0.25, 0.3) is 5.56 Å². The topological polar surface area (TPSA) is 64.1 Å². The molecule has 1 N–H and O–H groups in total. The maximum Gasteiger partial charge on any atom is 0.328 e. The molecule has 0 atom stereocenters. The Kier molecular flexibility index (Phi) is 3.87. The zero-order valence-electron chi connectivity index (χ0n) is 7.73. The van der Waals surface area contributed by atoms with E-state index in [4.69, 9.17) is 4.74 Å². The van der Waals surface area contributed by atoms with Gasteiger partial charge in [-0.1, -0.05) is 6.08 Å². The Morgan fingerprint density at radius 3 is 3.00 bits per heavy atom. The van der Waals surface area contributed by atoms with Crippen molar-refractivity contribution < 1.29 is 4.74 Å². The Hall–Kier alpha value is -1.62. The number of H-pyrrole nitrogens is 1. The fourth-order valence-corrected chi connectivity index (χ4v) is 0.986. The van der Waals surface area contributed by atoms with Crippen molar-refractivity contribution in [3.8, 4) is 0 Å². The van der Waals surface area contributed by atoms with Crippen LogP contribution in [-0.2, 0) is 11.3 Å². The molecule has 14 heavy (non-hydrogen) atoms. The summed E-state index contributed by atoms with van der Waals surface area (Å²) in [5, 5.41) is 0. The van der Waals surface area contributed by atoms with E-state index in [2.05, 4.69) is 11.6 Å². The van der Waals surface area contributed by atoms with Gasteiger partial charge in [0.1, 0.15) is 0 Å². The lowest BCUT2D eigenvalue weighted by atomic mass is 10.6. The van der Waals surface area contributed by atoms with Gasteiger partial charge < -0.3 is 9.72 Å². The number of hydrogen-bond acceptors (Lipinski definition) is 3. The molecule has 0 fully saturated rings. The summed E-state index contributed by atoms with van der Waals surface area (Å²) in [6.07, 6.45) is 2.93. The average Bonchev–Trinajstić information content (AvgIpc) is 2.16. The van der Waals surface area contributed by atoms with E-state index in [-0.39, 0.29) is 12.1 Å². The average molecular weight is 196 g/mol. The lowest BCUT2D eigenvalue weighted by Gasteiger charge is -2.02. The van der Waals surface area contributed by atoms with Crippen LogP contribution in [0, 0.1) is 0 Å². The van der Waals surface area contributed by atoms with Crippen molar-refractivity contribution in [3.63, 3.8) is 0 Å². The van der Waals surface area contributed by atoms with Crippen LogP contribution in [0.2, 0.25) is 0 Å². The van der Waals surface area contributed by atoms with Crippen LogP contribution in [-0.4, -0.2) is 22.8 Å². The molecule has 0 aliphatic heterocycles. The first kappa shape index (κ1) is 10.5. The van der Waals surface area contributed by atoms with Gasteiger partial charge in [-0.3, -0.25) is 9.36 Å². The number of ether oxygens (including phenoxy) is 1. The van der Waals surface area contributed by atoms with Crippen LogP contribution in [0.1, 0.15) is 0 Å². The second kappa shape index (κ2) is 5.18. The Labute approximate surface area is 80.7 Å². The molecule has 0 saturated heterocycles. The minimum Gasteiger partial charge on any atom is -0.376 e. The maximum atomic E-state index is 11.2. The normalized spacial score (nSPS) is 10.0. The van der Waals surface area contributed by atoms with Crippen molar-refractivity contribution in [1.29, 1.82) is 0 Å².